The number of ether oxygens (including phenoxy) is 1. The van der Waals surface area contributed by atoms with Crippen LogP contribution in [0.3, 0.4) is 0 Å². The number of amidine groups is 1. The van der Waals surface area contributed by atoms with Gasteiger partial charge in [0.15, 0.2) is 11.6 Å². The van der Waals surface area contributed by atoms with Crippen LogP contribution < -0.4 is 10.1 Å². The van der Waals surface area contributed by atoms with Crippen LogP contribution >= 0.6 is 23.2 Å². The van der Waals surface area contributed by atoms with Crippen molar-refractivity contribution in [1.29, 1.82) is 0 Å². The first-order valence-corrected chi connectivity index (χ1v) is 8.10. The lowest BCUT2D eigenvalue weighted by Gasteiger charge is -2.19. The smallest absolute Gasteiger partial charge is 0.287 e. The van der Waals surface area contributed by atoms with Crippen LogP contribution in [-0.4, -0.2) is 13.7 Å². The number of sulfonamides is 1. The van der Waals surface area contributed by atoms with Gasteiger partial charge >= 0.3 is 0 Å². The molecule has 0 unspecified atom stereocenters. The van der Waals surface area contributed by atoms with Gasteiger partial charge < -0.3 is 10.1 Å². The maximum Gasteiger partial charge on any atom is 0.287 e. The number of rotatable bonds is 2. The van der Waals surface area contributed by atoms with Crippen LogP contribution in [0, 0.1) is 5.82 Å². The van der Waals surface area contributed by atoms with Crippen molar-refractivity contribution in [2.75, 3.05) is 5.32 Å². The van der Waals surface area contributed by atoms with Crippen LogP contribution in [-0.2, 0) is 10.0 Å². The lowest BCUT2D eigenvalue weighted by atomic mass is 10.2. The summed E-state index contributed by atoms with van der Waals surface area (Å²) >= 11 is 11.6. The zero-order valence-corrected chi connectivity index (χ0v) is 13.0. The molecule has 2 aromatic rings. The van der Waals surface area contributed by atoms with E-state index in [1.54, 1.807) is 18.2 Å². The van der Waals surface area contributed by atoms with Gasteiger partial charge in [0.2, 0.25) is 5.29 Å². The normalized spacial score (nSPS) is 15.5. The third kappa shape index (κ3) is 2.63. The molecule has 3 rings (SSSR count). The van der Waals surface area contributed by atoms with Gasteiger partial charge in [-0.3, -0.25) is 0 Å². The van der Waals surface area contributed by atoms with E-state index in [0.717, 1.165) is 12.1 Å². The summed E-state index contributed by atoms with van der Waals surface area (Å²) in [4.78, 5) is -0.236. The first-order valence-electron chi connectivity index (χ1n) is 5.91. The molecule has 1 aliphatic heterocycles. The summed E-state index contributed by atoms with van der Waals surface area (Å²) in [6.45, 7) is 0. The summed E-state index contributed by atoms with van der Waals surface area (Å²) in [5, 5.41) is 2.34. The number of benzene rings is 2. The zero-order chi connectivity index (χ0) is 15.9. The average molecular weight is 361 g/mol. The Labute approximate surface area is 135 Å². The van der Waals surface area contributed by atoms with Crippen molar-refractivity contribution < 1.29 is 17.5 Å². The molecule has 5 nitrogen and oxygen atoms in total. The molecule has 0 spiro atoms. The molecule has 0 fully saturated rings. The van der Waals surface area contributed by atoms with Gasteiger partial charge in [-0.2, -0.15) is 8.42 Å². The molecule has 1 heterocycles. The molecule has 9 heteroatoms. The van der Waals surface area contributed by atoms with Gasteiger partial charge in [0.05, 0.1) is 5.02 Å². The Balaban J connectivity index is 2.17. The molecular weight excluding hydrogens is 354 g/mol. The topological polar surface area (TPSA) is 67.8 Å². The quantitative estimate of drug-likeness (QED) is 0.822. The fourth-order valence-corrected chi connectivity index (χ4v) is 3.43. The summed E-state index contributed by atoms with van der Waals surface area (Å²) in [6.07, 6.45) is 0. The van der Waals surface area contributed by atoms with Crippen LogP contribution in [0.1, 0.15) is 0 Å². The minimum absolute atomic E-state index is 0.125. The lowest BCUT2D eigenvalue weighted by Crippen LogP contribution is -2.18. The molecule has 0 aromatic heterocycles. The monoisotopic (exact) mass is 360 g/mol. The number of hydrogen-bond donors (Lipinski definition) is 1. The van der Waals surface area contributed by atoms with E-state index in [1.165, 1.54) is 6.07 Å². The molecule has 0 atom stereocenters. The Morgan fingerprint density at radius 2 is 1.86 bits per heavy atom. The fourth-order valence-electron chi connectivity index (χ4n) is 1.89. The van der Waals surface area contributed by atoms with Crippen molar-refractivity contribution in [3.63, 3.8) is 0 Å². The van der Waals surface area contributed by atoms with E-state index in [1.807, 2.05) is 0 Å². The second-order valence-corrected chi connectivity index (χ2v) is 6.60. The molecular formula is C13H7Cl2FN2O3S. The van der Waals surface area contributed by atoms with Gasteiger partial charge in [0.1, 0.15) is 16.3 Å². The second-order valence-electron chi connectivity index (χ2n) is 4.26. The van der Waals surface area contributed by atoms with Crippen LogP contribution in [0.2, 0.25) is 5.02 Å². The van der Waals surface area contributed by atoms with Crippen LogP contribution in [0.15, 0.2) is 45.7 Å². The van der Waals surface area contributed by atoms with Gasteiger partial charge in [-0.1, -0.05) is 23.7 Å². The Kier molecular flexibility index (Phi) is 3.72. The van der Waals surface area contributed by atoms with E-state index in [0.29, 0.717) is 0 Å². The van der Waals surface area contributed by atoms with Gasteiger partial charge in [-0.05, 0) is 35.9 Å². The predicted octanol–water partition coefficient (Wildman–Crippen LogP) is 3.98. The molecule has 0 aliphatic carbocycles. The Morgan fingerprint density at radius 3 is 2.59 bits per heavy atom. The highest BCUT2D eigenvalue weighted by molar-refractivity contribution is 7.90. The number of nitrogens with zero attached hydrogens (tertiary/aromatic N) is 1. The average Bonchev–Trinajstić information content (AvgIpc) is 2.43. The van der Waals surface area contributed by atoms with E-state index in [4.69, 9.17) is 27.9 Å². The summed E-state index contributed by atoms with van der Waals surface area (Å²) in [6, 6.07) is 8.46. The SMILES string of the molecule is O=S1(=O)N=C(Cl)Nc2c1ccc(F)c2Oc1ccccc1Cl. The minimum atomic E-state index is -4.02. The van der Waals surface area contributed by atoms with Crippen molar-refractivity contribution in [2.24, 2.45) is 4.40 Å². The number of nitrogens with one attached hydrogen (secondary N) is 1. The maximum absolute atomic E-state index is 14.1. The van der Waals surface area contributed by atoms with Crippen molar-refractivity contribution in [3.05, 3.63) is 47.2 Å². The fraction of sp³-hybridized carbons (Fsp3) is 0. The number of halogens is 3. The van der Waals surface area contributed by atoms with Crippen molar-refractivity contribution in [2.45, 2.75) is 4.90 Å². The first-order chi connectivity index (χ1) is 10.4. The van der Waals surface area contributed by atoms with Gasteiger partial charge in [0.25, 0.3) is 10.0 Å². The van der Waals surface area contributed by atoms with E-state index < -0.39 is 21.1 Å². The highest BCUT2D eigenvalue weighted by Gasteiger charge is 2.29. The van der Waals surface area contributed by atoms with Crippen LogP contribution in [0.5, 0.6) is 11.5 Å². The Hall–Kier alpha value is -1.83. The molecule has 0 amide bonds. The number of hydrogen-bond acceptors (Lipinski definition) is 4. The molecule has 0 radical (unpaired) electrons. The van der Waals surface area contributed by atoms with E-state index >= 15 is 0 Å². The molecule has 0 saturated heterocycles. The van der Waals surface area contributed by atoms with Gasteiger partial charge in [-0.15, -0.1) is 4.40 Å². The van der Waals surface area contributed by atoms with Crippen molar-refractivity contribution >= 4 is 44.2 Å². The minimum Gasteiger partial charge on any atom is -0.450 e. The maximum atomic E-state index is 14.1. The third-order valence-corrected chi connectivity index (χ3v) is 4.74. The van der Waals surface area contributed by atoms with Crippen LogP contribution in [0.4, 0.5) is 10.1 Å². The van der Waals surface area contributed by atoms with Gasteiger partial charge in [0, 0.05) is 0 Å². The predicted molar refractivity (Wildman–Crippen MR) is 82.0 cm³/mol. The van der Waals surface area contributed by atoms with E-state index in [9.17, 15) is 12.8 Å². The summed E-state index contributed by atoms with van der Waals surface area (Å²) in [7, 11) is -4.02. The lowest BCUT2D eigenvalue weighted by molar-refractivity contribution is 0.443. The Morgan fingerprint density at radius 1 is 1.14 bits per heavy atom. The molecule has 1 N–H and O–H groups in total. The number of para-hydroxylation sites is 1. The van der Waals surface area contributed by atoms with Crippen molar-refractivity contribution in [3.8, 4) is 11.5 Å². The highest BCUT2D eigenvalue weighted by atomic mass is 35.5. The Bertz CT molecular complexity index is 900. The molecule has 0 saturated carbocycles. The standard InChI is InChI=1S/C13H7Cl2FN2O3S/c14-7-3-1-2-4-9(7)21-12-8(16)5-6-10-11(12)17-13(15)18-22(10,19)20/h1-6H,(H,17,18). The number of fused-ring (bicyclic) bond motifs is 1. The van der Waals surface area contributed by atoms with E-state index in [2.05, 4.69) is 9.71 Å². The van der Waals surface area contributed by atoms with Crippen LogP contribution in [0.25, 0.3) is 0 Å². The molecule has 114 valence electrons. The van der Waals surface area contributed by atoms with Crippen molar-refractivity contribution in [1.82, 2.24) is 0 Å². The second kappa shape index (κ2) is 5.42. The summed E-state index contributed by atoms with van der Waals surface area (Å²) < 4.78 is 46.7. The van der Waals surface area contributed by atoms with Gasteiger partial charge in [-0.25, -0.2) is 4.39 Å². The summed E-state index contributed by atoms with van der Waals surface area (Å²) in [5.41, 5.74) is -0.125. The van der Waals surface area contributed by atoms with E-state index in [-0.39, 0.29) is 27.1 Å². The molecule has 0 bridgehead atoms. The molecule has 22 heavy (non-hydrogen) atoms. The summed E-state index contributed by atoms with van der Waals surface area (Å²) in [5.74, 6) is -0.927. The highest BCUT2D eigenvalue weighted by Crippen LogP contribution is 2.41. The largest absolute Gasteiger partial charge is 0.450 e. The molecule has 1 aliphatic rings. The number of anilines is 1. The zero-order valence-electron chi connectivity index (χ0n) is 10.7. The third-order valence-electron chi connectivity index (χ3n) is 2.83. The first kappa shape index (κ1) is 15.1. The molecule has 2 aromatic carbocycles.